The largest absolute Gasteiger partial charge is 0.391 e. The van der Waals surface area contributed by atoms with Crippen LogP contribution in [-0.2, 0) is 9.59 Å². The Kier molecular flexibility index (Phi) is 7.23. The van der Waals surface area contributed by atoms with Crippen LogP contribution >= 0.6 is 11.6 Å². The molecule has 10 nitrogen and oxygen atoms in total. The number of aromatic nitrogens is 5. The number of aliphatic hydroxyl groups excluding tert-OH is 1. The molecule has 39 heavy (non-hydrogen) atoms. The normalized spacial score (nSPS) is 21.2. The average molecular weight is 558 g/mol. The zero-order chi connectivity index (χ0) is 28.1. The van der Waals surface area contributed by atoms with Crippen molar-refractivity contribution in [2.75, 3.05) is 6.54 Å². The molecule has 1 aliphatic carbocycles. The van der Waals surface area contributed by atoms with Crippen molar-refractivity contribution >= 4 is 23.4 Å². The Morgan fingerprint density at radius 3 is 2.59 bits per heavy atom. The summed E-state index contributed by atoms with van der Waals surface area (Å²) in [4.78, 5) is 28.7. The van der Waals surface area contributed by atoms with Gasteiger partial charge in [-0.15, -0.1) is 5.10 Å². The lowest BCUT2D eigenvalue weighted by Gasteiger charge is -2.34. The van der Waals surface area contributed by atoms with Gasteiger partial charge in [-0.05, 0) is 42.9 Å². The van der Waals surface area contributed by atoms with Gasteiger partial charge in [-0.2, -0.15) is 5.10 Å². The molecular formula is C27H33ClFN7O3. The first-order valence-corrected chi connectivity index (χ1v) is 13.5. The average Bonchev–Trinajstić information content (AvgIpc) is 3.23. The summed E-state index contributed by atoms with van der Waals surface area (Å²) in [7, 11) is 0. The van der Waals surface area contributed by atoms with Gasteiger partial charge in [0.1, 0.15) is 23.6 Å². The fourth-order valence-corrected chi connectivity index (χ4v) is 5.27. The van der Waals surface area contributed by atoms with Crippen LogP contribution in [0.3, 0.4) is 0 Å². The Hall–Kier alpha value is -3.31. The van der Waals surface area contributed by atoms with Crippen LogP contribution in [0.15, 0.2) is 36.8 Å². The van der Waals surface area contributed by atoms with Crippen LogP contribution in [0.1, 0.15) is 76.2 Å². The second-order valence-electron chi connectivity index (χ2n) is 11.6. The highest BCUT2D eigenvalue weighted by atomic mass is 35.5. The molecule has 3 aromatic rings. The first-order chi connectivity index (χ1) is 18.4. The lowest BCUT2D eigenvalue weighted by Crippen LogP contribution is -2.50. The Bertz CT molecular complexity index is 1380. The van der Waals surface area contributed by atoms with Crippen LogP contribution in [-0.4, -0.2) is 65.3 Å². The summed E-state index contributed by atoms with van der Waals surface area (Å²) >= 11 is 5.90. The molecule has 0 radical (unpaired) electrons. The molecule has 0 bridgehead atoms. The summed E-state index contributed by atoms with van der Waals surface area (Å²) in [5, 5.41) is 26.3. The highest BCUT2D eigenvalue weighted by Gasteiger charge is 2.45. The number of nitrogens with one attached hydrogen (secondary N) is 1. The SMILES string of the molecule is CC(NC(=O)C1CC(O)CN1C(=O)[C@H](n1cc(C2CC2)nn1)C(C)(C)C)c1ccc(-n2cc(Cl)cn2)c(F)c1. The number of carbonyl (C=O) groups is 2. The molecule has 3 heterocycles. The Labute approximate surface area is 231 Å². The number of rotatable bonds is 7. The molecule has 12 heteroatoms. The standard InChI is InChI=1S/C27H33ClFN7O3/c1-15(17-7-8-22(20(29)9-17)35-12-18(28)11-30-35)31-25(38)23-10-19(37)13-34(23)26(39)24(27(2,3)4)36-14-21(32-33-36)16-5-6-16/h7-9,11-12,14-16,19,23-24,37H,5-6,10,13H2,1-4H3,(H,31,38)/t15?,19?,23?,24-/m0/s1. The van der Waals surface area contributed by atoms with Crippen molar-refractivity contribution in [3.05, 3.63) is 58.9 Å². The molecule has 2 aromatic heterocycles. The fraction of sp³-hybridized carbons (Fsp3) is 0.519. The van der Waals surface area contributed by atoms with Gasteiger partial charge in [0.25, 0.3) is 0 Å². The van der Waals surface area contributed by atoms with E-state index in [1.54, 1.807) is 23.7 Å². The number of nitrogens with zero attached hydrogens (tertiary/aromatic N) is 6. The quantitative estimate of drug-likeness (QED) is 0.458. The van der Waals surface area contributed by atoms with Gasteiger partial charge in [-0.3, -0.25) is 9.59 Å². The third-order valence-corrected chi connectivity index (χ3v) is 7.53. The van der Waals surface area contributed by atoms with E-state index in [9.17, 15) is 19.1 Å². The number of likely N-dealkylation sites (tertiary alicyclic amines) is 1. The highest BCUT2D eigenvalue weighted by molar-refractivity contribution is 6.30. The van der Waals surface area contributed by atoms with E-state index in [-0.39, 0.29) is 24.6 Å². The molecule has 208 valence electrons. The topological polar surface area (TPSA) is 118 Å². The molecule has 1 aromatic carbocycles. The molecular weight excluding hydrogens is 525 g/mol. The van der Waals surface area contributed by atoms with Crippen molar-refractivity contribution < 1.29 is 19.1 Å². The van der Waals surface area contributed by atoms with Gasteiger partial charge in [0.05, 0.1) is 29.1 Å². The molecule has 2 aliphatic rings. The molecule has 5 rings (SSSR count). The fourth-order valence-electron chi connectivity index (χ4n) is 5.13. The summed E-state index contributed by atoms with van der Waals surface area (Å²) in [6.45, 7) is 7.59. The number of amides is 2. The minimum absolute atomic E-state index is 0.0395. The monoisotopic (exact) mass is 557 g/mol. The Morgan fingerprint density at radius 1 is 1.23 bits per heavy atom. The lowest BCUT2D eigenvalue weighted by molar-refractivity contribution is -0.144. The van der Waals surface area contributed by atoms with Crippen molar-refractivity contribution in [1.82, 2.24) is 35.0 Å². The van der Waals surface area contributed by atoms with Crippen molar-refractivity contribution in [3.63, 3.8) is 0 Å². The summed E-state index contributed by atoms with van der Waals surface area (Å²) in [6, 6.07) is 2.47. The van der Waals surface area contributed by atoms with Crippen LogP contribution < -0.4 is 5.32 Å². The van der Waals surface area contributed by atoms with Gasteiger partial charge in [-0.1, -0.05) is 43.7 Å². The van der Waals surface area contributed by atoms with Gasteiger partial charge in [0.2, 0.25) is 11.8 Å². The van der Waals surface area contributed by atoms with Gasteiger partial charge >= 0.3 is 0 Å². The van der Waals surface area contributed by atoms with Crippen LogP contribution in [0, 0.1) is 11.2 Å². The minimum Gasteiger partial charge on any atom is -0.391 e. The van der Waals surface area contributed by atoms with Gasteiger partial charge < -0.3 is 15.3 Å². The maximum Gasteiger partial charge on any atom is 0.248 e. The predicted molar refractivity (Wildman–Crippen MR) is 142 cm³/mol. The summed E-state index contributed by atoms with van der Waals surface area (Å²) < 4.78 is 17.8. The number of hydrogen-bond donors (Lipinski definition) is 2. The molecule has 1 saturated carbocycles. The number of benzene rings is 1. The minimum atomic E-state index is -0.874. The van der Waals surface area contributed by atoms with E-state index in [1.165, 1.54) is 28.0 Å². The maximum absolute atomic E-state index is 14.9. The van der Waals surface area contributed by atoms with E-state index in [4.69, 9.17) is 11.6 Å². The third-order valence-electron chi connectivity index (χ3n) is 7.34. The van der Waals surface area contributed by atoms with Crippen LogP contribution in [0.5, 0.6) is 0 Å². The van der Waals surface area contributed by atoms with E-state index < -0.39 is 41.4 Å². The number of β-amino-alcohol motifs (C(OH)–C–C–N with tert-alkyl or cyclic N) is 1. The van der Waals surface area contributed by atoms with Crippen LogP contribution in [0.4, 0.5) is 4.39 Å². The summed E-state index contributed by atoms with van der Waals surface area (Å²) in [5.74, 6) is -0.847. The summed E-state index contributed by atoms with van der Waals surface area (Å²) in [6.07, 6.45) is 6.14. The zero-order valence-electron chi connectivity index (χ0n) is 22.4. The molecule has 0 spiro atoms. The zero-order valence-corrected chi connectivity index (χ0v) is 23.1. The van der Waals surface area contributed by atoms with E-state index in [1.807, 2.05) is 27.0 Å². The van der Waals surface area contributed by atoms with Crippen LogP contribution in [0.25, 0.3) is 5.69 Å². The lowest BCUT2D eigenvalue weighted by atomic mass is 9.85. The second-order valence-corrected chi connectivity index (χ2v) is 12.0. The van der Waals surface area contributed by atoms with Crippen molar-refractivity contribution in [2.45, 2.75) is 77.1 Å². The smallest absolute Gasteiger partial charge is 0.248 e. The maximum atomic E-state index is 14.9. The number of halogens is 2. The first kappa shape index (κ1) is 27.3. The predicted octanol–water partition coefficient (Wildman–Crippen LogP) is 3.56. The molecule has 2 N–H and O–H groups in total. The first-order valence-electron chi connectivity index (χ1n) is 13.1. The molecule has 1 saturated heterocycles. The summed E-state index contributed by atoms with van der Waals surface area (Å²) in [5.41, 5.74) is 1.12. The van der Waals surface area contributed by atoms with E-state index in [0.717, 1.165) is 18.5 Å². The van der Waals surface area contributed by atoms with E-state index in [0.29, 0.717) is 16.5 Å². The number of hydrogen-bond acceptors (Lipinski definition) is 6. The number of aliphatic hydroxyl groups is 1. The molecule has 1 aliphatic heterocycles. The van der Waals surface area contributed by atoms with Gasteiger partial charge in [0, 0.05) is 31.3 Å². The molecule has 2 fully saturated rings. The number of carbonyl (C=O) groups excluding carboxylic acids is 2. The Morgan fingerprint density at radius 2 is 1.97 bits per heavy atom. The van der Waals surface area contributed by atoms with Crippen molar-refractivity contribution in [3.8, 4) is 5.69 Å². The molecule has 2 amide bonds. The van der Waals surface area contributed by atoms with Crippen molar-refractivity contribution in [2.24, 2.45) is 5.41 Å². The molecule has 4 atom stereocenters. The van der Waals surface area contributed by atoms with Gasteiger partial charge in [0.15, 0.2) is 0 Å². The van der Waals surface area contributed by atoms with Crippen LogP contribution in [0.2, 0.25) is 5.02 Å². The van der Waals surface area contributed by atoms with Gasteiger partial charge in [-0.25, -0.2) is 13.8 Å². The van der Waals surface area contributed by atoms with E-state index in [2.05, 4.69) is 20.7 Å². The van der Waals surface area contributed by atoms with Crippen molar-refractivity contribution in [1.29, 1.82) is 0 Å². The Balaban J connectivity index is 1.32. The highest BCUT2D eigenvalue weighted by Crippen LogP contribution is 2.40. The second kappa shape index (κ2) is 10.3. The molecule has 3 unspecified atom stereocenters. The van der Waals surface area contributed by atoms with E-state index >= 15 is 0 Å². The third kappa shape index (κ3) is 5.69.